The van der Waals surface area contributed by atoms with Gasteiger partial charge in [-0.25, -0.2) is 4.79 Å². The van der Waals surface area contributed by atoms with Gasteiger partial charge >= 0.3 is 5.97 Å². The number of rotatable bonds is 3. The van der Waals surface area contributed by atoms with Crippen LogP contribution in [0.25, 0.3) is 6.08 Å². The van der Waals surface area contributed by atoms with E-state index in [0.717, 1.165) is 5.56 Å². The van der Waals surface area contributed by atoms with E-state index in [1.165, 1.54) is 18.2 Å². The lowest BCUT2D eigenvalue weighted by molar-refractivity contribution is -0.104. The van der Waals surface area contributed by atoms with Gasteiger partial charge in [-0.2, -0.15) is 0 Å². The molecule has 1 aromatic carbocycles. The predicted molar refractivity (Wildman–Crippen MR) is 53.2 cm³/mol. The minimum Gasteiger partial charge on any atom is -0.478 e. The maximum atomic E-state index is 10.8. The third-order valence-corrected chi connectivity index (χ3v) is 1.90. The Labute approximate surface area is 81.7 Å². The normalized spacial score (nSPS) is 10.4. The largest absolute Gasteiger partial charge is 0.478 e. The van der Waals surface area contributed by atoms with Crippen LogP contribution in [0.4, 0.5) is 0 Å². The number of benzene rings is 1. The molecule has 0 fully saturated rings. The van der Waals surface area contributed by atoms with E-state index in [0.29, 0.717) is 11.8 Å². The van der Waals surface area contributed by atoms with Crippen molar-refractivity contribution in [2.75, 3.05) is 0 Å². The summed E-state index contributed by atoms with van der Waals surface area (Å²) in [6.45, 7) is 1.80. The highest BCUT2D eigenvalue weighted by molar-refractivity contribution is 5.93. The summed E-state index contributed by atoms with van der Waals surface area (Å²) in [5, 5.41) is 8.87. The van der Waals surface area contributed by atoms with Gasteiger partial charge in [0.25, 0.3) is 0 Å². The van der Waals surface area contributed by atoms with Crippen LogP contribution in [0, 0.1) is 6.92 Å². The molecule has 0 aromatic heterocycles. The molecule has 0 aliphatic carbocycles. The lowest BCUT2D eigenvalue weighted by Crippen LogP contribution is -2.00. The second kappa shape index (κ2) is 4.37. The van der Waals surface area contributed by atoms with Gasteiger partial charge in [0.1, 0.15) is 6.29 Å². The zero-order chi connectivity index (χ0) is 10.6. The summed E-state index contributed by atoms with van der Waals surface area (Å²) < 4.78 is 0. The Kier molecular flexibility index (Phi) is 3.18. The molecule has 1 rings (SSSR count). The van der Waals surface area contributed by atoms with Crippen molar-refractivity contribution in [2.24, 2.45) is 0 Å². The first-order chi connectivity index (χ1) is 6.66. The van der Waals surface area contributed by atoms with Crippen molar-refractivity contribution in [1.82, 2.24) is 0 Å². The van der Waals surface area contributed by atoms with Crippen LogP contribution in [0.1, 0.15) is 21.5 Å². The summed E-state index contributed by atoms with van der Waals surface area (Å²) >= 11 is 0. The molecular weight excluding hydrogens is 180 g/mol. The molecule has 0 heterocycles. The highest BCUT2D eigenvalue weighted by atomic mass is 16.4. The first-order valence-corrected chi connectivity index (χ1v) is 4.11. The maximum Gasteiger partial charge on any atom is 0.336 e. The summed E-state index contributed by atoms with van der Waals surface area (Å²) in [4.78, 5) is 21.0. The van der Waals surface area contributed by atoms with Crippen LogP contribution in [0.5, 0.6) is 0 Å². The van der Waals surface area contributed by atoms with Crippen molar-refractivity contribution in [3.05, 3.63) is 41.0 Å². The van der Waals surface area contributed by atoms with Gasteiger partial charge < -0.3 is 5.11 Å². The number of carbonyl (C=O) groups excluding carboxylic acids is 1. The quantitative estimate of drug-likeness (QED) is 0.585. The smallest absolute Gasteiger partial charge is 0.336 e. The Morgan fingerprint density at radius 3 is 2.71 bits per heavy atom. The van der Waals surface area contributed by atoms with Gasteiger partial charge in [0.2, 0.25) is 0 Å². The standard InChI is InChI=1S/C11H10O3/c1-8-4-2-5-10(11(13)14)9(8)6-3-7-12/h2-7H,1H3,(H,13,14). The van der Waals surface area contributed by atoms with Crippen LogP contribution < -0.4 is 0 Å². The number of hydrogen-bond donors (Lipinski definition) is 1. The fourth-order valence-electron chi connectivity index (χ4n) is 1.22. The number of carboxylic acids is 1. The van der Waals surface area contributed by atoms with Crippen LogP contribution in [0.2, 0.25) is 0 Å². The number of hydrogen-bond acceptors (Lipinski definition) is 2. The summed E-state index contributed by atoms with van der Waals surface area (Å²) in [6, 6.07) is 4.99. The summed E-state index contributed by atoms with van der Waals surface area (Å²) in [6.07, 6.45) is 3.42. The molecular formula is C11H10O3. The van der Waals surface area contributed by atoms with Gasteiger partial charge in [-0.1, -0.05) is 18.2 Å². The SMILES string of the molecule is Cc1cccc(C(=O)O)c1C=CC=O. The van der Waals surface area contributed by atoms with Crippen molar-refractivity contribution in [3.63, 3.8) is 0 Å². The van der Waals surface area contributed by atoms with E-state index in [1.807, 2.05) is 0 Å². The topological polar surface area (TPSA) is 54.4 Å². The average Bonchev–Trinajstić information content (AvgIpc) is 2.15. The minimum absolute atomic E-state index is 0.211. The summed E-state index contributed by atoms with van der Waals surface area (Å²) in [7, 11) is 0. The third-order valence-electron chi connectivity index (χ3n) is 1.90. The van der Waals surface area contributed by atoms with Crippen molar-refractivity contribution in [1.29, 1.82) is 0 Å². The van der Waals surface area contributed by atoms with E-state index in [1.54, 1.807) is 19.1 Å². The maximum absolute atomic E-state index is 10.8. The summed E-state index contributed by atoms with van der Waals surface area (Å²) in [5.41, 5.74) is 1.62. The molecule has 1 N–H and O–H groups in total. The molecule has 0 saturated heterocycles. The Bertz CT molecular complexity index is 392. The van der Waals surface area contributed by atoms with Crippen LogP contribution in [0.3, 0.4) is 0 Å². The van der Waals surface area contributed by atoms with Gasteiger partial charge in [0.15, 0.2) is 0 Å². The van der Waals surface area contributed by atoms with Crippen LogP contribution in [0.15, 0.2) is 24.3 Å². The van der Waals surface area contributed by atoms with Crippen molar-refractivity contribution in [2.45, 2.75) is 6.92 Å². The molecule has 0 amide bonds. The van der Waals surface area contributed by atoms with Crippen LogP contribution in [-0.4, -0.2) is 17.4 Å². The second-order valence-electron chi connectivity index (χ2n) is 2.84. The van der Waals surface area contributed by atoms with Gasteiger partial charge in [-0.15, -0.1) is 0 Å². The number of carboxylic acid groups (broad SMARTS) is 1. The number of carbonyl (C=O) groups is 2. The number of aldehydes is 1. The molecule has 0 radical (unpaired) electrons. The molecule has 3 nitrogen and oxygen atoms in total. The molecule has 0 atom stereocenters. The van der Waals surface area contributed by atoms with E-state index in [-0.39, 0.29) is 5.56 Å². The van der Waals surface area contributed by atoms with Gasteiger partial charge in [0.05, 0.1) is 5.56 Å². The first-order valence-electron chi connectivity index (χ1n) is 4.11. The number of allylic oxidation sites excluding steroid dienone is 1. The Morgan fingerprint density at radius 1 is 1.43 bits per heavy atom. The van der Waals surface area contributed by atoms with Gasteiger partial charge in [0, 0.05) is 0 Å². The third kappa shape index (κ3) is 2.07. The van der Waals surface area contributed by atoms with Crippen molar-refractivity contribution >= 4 is 18.3 Å². The number of aromatic carboxylic acids is 1. The molecule has 0 aliphatic heterocycles. The summed E-state index contributed by atoms with van der Waals surface area (Å²) in [5.74, 6) is -0.987. The van der Waals surface area contributed by atoms with Gasteiger partial charge in [-0.05, 0) is 30.2 Å². The Morgan fingerprint density at radius 2 is 2.14 bits per heavy atom. The second-order valence-corrected chi connectivity index (χ2v) is 2.84. The highest BCUT2D eigenvalue weighted by Gasteiger charge is 2.08. The van der Waals surface area contributed by atoms with E-state index in [4.69, 9.17) is 5.11 Å². The monoisotopic (exact) mass is 190 g/mol. The van der Waals surface area contributed by atoms with Crippen molar-refractivity contribution < 1.29 is 14.7 Å². The van der Waals surface area contributed by atoms with E-state index >= 15 is 0 Å². The first kappa shape index (κ1) is 10.2. The molecule has 1 aromatic rings. The lowest BCUT2D eigenvalue weighted by atomic mass is 10.0. The van der Waals surface area contributed by atoms with E-state index in [9.17, 15) is 9.59 Å². The van der Waals surface area contributed by atoms with Gasteiger partial charge in [-0.3, -0.25) is 4.79 Å². The Hall–Kier alpha value is -1.90. The highest BCUT2D eigenvalue weighted by Crippen LogP contribution is 2.15. The molecule has 0 unspecified atom stereocenters. The van der Waals surface area contributed by atoms with Crippen LogP contribution in [-0.2, 0) is 4.79 Å². The molecule has 0 aliphatic rings. The zero-order valence-electron chi connectivity index (χ0n) is 7.73. The predicted octanol–water partition coefficient (Wildman–Crippen LogP) is 1.91. The molecule has 0 bridgehead atoms. The van der Waals surface area contributed by atoms with Crippen LogP contribution >= 0.6 is 0 Å². The zero-order valence-corrected chi connectivity index (χ0v) is 7.73. The molecule has 72 valence electrons. The number of aryl methyl sites for hydroxylation is 1. The minimum atomic E-state index is -0.987. The molecule has 3 heteroatoms. The molecule has 0 saturated carbocycles. The van der Waals surface area contributed by atoms with E-state index in [2.05, 4.69) is 0 Å². The lowest BCUT2D eigenvalue weighted by Gasteiger charge is -2.03. The molecule has 0 spiro atoms. The van der Waals surface area contributed by atoms with E-state index < -0.39 is 5.97 Å². The Balaban J connectivity index is 3.28. The average molecular weight is 190 g/mol. The van der Waals surface area contributed by atoms with Crippen molar-refractivity contribution in [3.8, 4) is 0 Å². The fraction of sp³-hybridized carbons (Fsp3) is 0.0909. The molecule has 14 heavy (non-hydrogen) atoms. The fourth-order valence-corrected chi connectivity index (χ4v) is 1.22.